The molecule has 0 radical (unpaired) electrons. The molecule has 1 unspecified atom stereocenters. The molecule has 0 saturated carbocycles. The van der Waals surface area contributed by atoms with Crippen LogP contribution >= 0.6 is 0 Å². The van der Waals surface area contributed by atoms with Crippen LogP contribution in [0.2, 0.25) is 0 Å². The zero-order valence-corrected chi connectivity index (χ0v) is 13.8. The highest BCUT2D eigenvalue weighted by Crippen LogP contribution is 2.24. The molecular weight excluding hydrogens is 318 g/mol. The first-order valence-corrected chi connectivity index (χ1v) is 7.92. The van der Waals surface area contributed by atoms with Crippen molar-refractivity contribution in [2.45, 2.75) is 32.3 Å². The van der Waals surface area contributed by atoms with Crippen molar-refractivity contribution in [2.24, 2.45) is 5.92 Å². The number of carbonyl (C=O) groups is 2. The van der Waals surface area contributed by atoms with Crippen LogP contribution in [0.1, 0.15) is 32.3 Å². The van der Waals surface area contributed by atoms with E-state index in [1.807, 2.05) is 0 Å². The predicted octanol–water partition coefficient (Wildman–Crippen LogP) is 1.55. The Bertz CT molecular complexity index is 626. The van der Waals surface area contributed by atoms with E-state index in [-0.39, 0.29) is 29.8 Å². The van der Waals surface area contributed by atoms with E-state index in [1.54, 1.807) is 4.90 Å². The molecule has 0 aliphatic carbocycles. The molecule has 2 amide bonds. The fraction of sp³-hybridized carbons (Fsp3) is 0.529. The molecule has 0 aromatic heterocycles. The highest BCUT2D eigenvalue weighted by Gasteiger charge is 2.30. The third kappa shape index (κ3) is 4.29. The SMILES string of the molecule is CC(=O)N1CCC(C(=O)NCC(C)(O)c2ccc(F)cc2F)CC1. The molecule has 24 heavy (non-hydrogen) atoms. The van der Waals surface area contributed by atoms with Gasteiger partial charge in [-0.2, -0.15) is 0 Å². The number of hydrogen-bond acceptors (Lipinski definition) is 3. The summed E-state index contributed by atoms with van der Waals surface area (Å²) in [6, 6.07) is 2.93. The maximum absolute atomic E-state index is 13.8. The summed E-state index contributed by atoms with van der Waals surface area (Å²) in [4.78, 5) is 25.2. The highest BCUT2D eigenvalue weighted by molar-refractivity contribution is 5.79. The Hall–Kier alpha value is -2.02. The van der Waals surface area contributed by atoms with Gasteiger partial charge in [0.1, 0.15) is 17.2 Å². The largest absolute Gasteiger partial charge is 0.383 e. The first kappa shape index (κ1) is 18.3. The Morgan fingerprint density at radius 2 is 1.96 bits per heavy atom. The third-order valence-corrected chi connectivity index (χ3v) is 4.43. The molecule has 1 aromatic rings. The molecule has 2 rings (SSSR count). The first-order valence-electron chi connectivity index (χ1n) is 7.92. The average Bonchev–Trinajstić information content (AvgIpc) is 2.52. The number of nitrogens with one attached hydrogen (secondary N) is 1. The van der Waals surface area contributed by atoms with Gasteiger partial charge in [-0.05, 0) is 25.8 Å². The Balaban J connectivity index is 1.92. The van der Waals surface area contributed by atoms with Crippen molar-refractivity contribution in [1.82, 2.24) is 10.2 Å². The van der Waals surface area contributed by atoms with E-state index in [4.69, 9.17) is 0 Å². The van der Waals surface area contributed by atoms with Gasteiger partial charge in [0, 0.05) is 37.6 Å². The van der Waals surface area contributed by atoms with Gasteiger partial charge in [0.2, 0.25) is 11.8 Å². The quantitative estimate of drug-likeness (QED) is 0.874. The molecule has 1 aliphatic rings. The number of piperidine rings is 1. The van der Waals surface area contributed by atoms with Crippen LogP contribution in [0.5, 0.6) is 0 Å². The minimum atomic E-state index is -1.65. The van der Waals surface area contributed by atoms with Crippen molar-refractivity contribution in [1.29, 1.82) is 0 Å². The lowest BCUT2D eigenvalue weighted by Gasteiger charge is -2.31. The van der Waals surface area contributed by atoms with Crippen molar-refractivity contribution in [3.63, 3.8) is 0 Å². The first-order chi connectivity index (χ1) is 11.2. The van der Waals surface area contributed by atoms with Crippen LogP contribution in [-0.4, -0.2) is 41.5 Å². The molecule has 1 atom stereocenters. The third-order valence-electron chi connectivity index (χ3n) is 4.43. The van der Waals surface area contributed by atoms with Gasteiger partial charge in [-0.15, -0.1) is 0 Å². The smallest absolute Gasteiger partial charge is 0.223 e. The number of rotatable bonds is 4. The van der Waals surface area contributed by atoms with Crippen LogP contribution in [0.3, 0.4) is 0 Å². The number of carbonyl (C=O) groups excluding carboxylic acids is 2. The second kappa shape index (κ2) is 7.25. The normalized spacial score (nSPS) is 18.1. The zero-order chi connectivity index (χ0) is 17.9. The summed E-state index contributed by atoms with van der Waals surface area (Å²) in [5.74, 6) is -2.07. The van der Waals surface area contributed by atoms with Gasteiger partial charge in [-0.3, -0.25) is 9.59 Å². The number of hydrogen-bond donors (Lipinski definition) is 2. The summed E-state index contributed by atoms with van der Waals surface area (Å²) in [5.41, 5.74) is -1.72. The molecule has 7 heteroatoms. The number of benzene rings is 1. The standard InChI is InChI=1S/C17H22F2N2O3/c1-11(22)21-7-5-12(6-8-21)16(23)20-10-17(2,24)14-4-3-13(18)9-15(14)19/h3-4,9,12,24H,5-8,10H2,1-2H3,(H,20,23). The van der Waals surface area contributed by atoms with Gasteiger partial charge < -0.3 is 15.3 Å². The second-order valence-electron chi connectivity index (χ2n) is 6.40. The van der Waals surface area contributed by atoms with Gasteiger partial charge in [0.15, 0.2) is 0 Å². The van der Waals surface area contributed by atoms with Crippen molar-refractivity contribution >= 4 is 11.8 Å². The molecule has 5 nitrogen and oxygen atoms in total. The van der Waals surface area contributed by atoms with Crippen LogP contribution in [-0.2, 0) is 15.2 Å². The molecule has 0 spiro atoms. The number of aliphatic hydroxyl groups is 1. The highest BCUT2D eigenvalue weighted by atomic mass is 19.1. The molecule has 1 aromatic carbocycles. The monoisotopic (exact) mass is 340 g/mol. The second-order valence-corrected chi connectivity index (χ2v) is 6.40. The Kier molecular flexibility index (Phi) is 5.54. The van der Waals surface area contributed by atoms with Crippen LogP contribution in [0.4, 0.5) is 8.78 Å². The van der Waals surface area contributed by atoms with Gasteiger partial charge in [0.25, 0.3) is 0 Å². The topological polar surface area (TPSA) is 69.6 Å². The van der Waals surface area contributed by atoms with E-state index in [2.05, 4.69) is 5.32 Å². The number of amides is 2. The summed E-state index contributed by atoms with van der Waals surface area (Å²) in [6.45, 7) is 3.73. The fourth-order valence-electron chi connectivity index (χ4n) is 2.88. The maximum atomic E-state index is 13.8. The molecule has 1 fully saturated rings. The van der Waals surface area contributed by atoms with E-state index in [0.717, 1.165) is 6.07 Å². The minimum Gasteiger partial charge on any atom is -0.383 e. The Labute approximate surface area is 139 Å². The molecule has 1 saturated heterocycles. The van der Waals surface area contributed by atoms with E-state index < -0.39 is 17.2 Å². The molecule has 2 N–H and O–H groups in total. The lowest BCUT2D eigenvalue weighted by atomic mass is 9.93. The zero-order valence-electron chi connectivity index (χ0n) is 13.8. The van der Waals surface area contributed by atoms with E-state index >= 15 is 0 Å². The van der Waals surface area contributed by atoms with Crippen LogP contribution in [0, 0.1) is 17.6 Å². The van der Waals surface area contributed by atoms with Crippen molar-refractivity contribution in [3.05, 3.63) is 35.4 Å². The number of likely N-dealkylation sites (tertiary alicyclic amines) is 1. The van der Waals surface area contributed by atoms with Crippen LogP contribution in [0.25, 0.3) is 0 Å². The average molecular weight is 340 g/mol. The molecule has 1 heterocycles. The molecule has 1 aliphatic heterocycles. The number of nitrogens with zero attached hydrogens (tertiary/aromatic N) is 1. The van der Waals surface area contributed by atoms with Gasteiger partial charge >= 0.3 is 0 Å². The van der Waals surface area contributed by atoms with Crippen LogP contribution in [0.15, 0.2) is 18.2 Å². The summed E-state index contributed by atoms with van der Waals surface area (Å²) >= 11 is 0. The molecule has 132 valence electrons. The van der Waals surface area contributed by atoms with Gasteiger partial charge in [0.05, 0.1) is 6.54 Å². The van der Waals surface area contributed by atoms with Crippen molar-refractivity contribution < 1.29 is 23.5 Å². The van der Waals surface area contributed by atoms with Crippen molar-refractivity contribution in [2.75, 3.05) is 19.6 Å². The minimum absolute atomic E-state index is 0.0106. The van der Waals surface area contributed by atoms with E-state index in [0.29, 0.717) is 32.0 Å². The number of halogens is 2. The van der Waals surface area contributed by atoms with Gasteiger partial charge in [-0.1, -0.05) is 6.07 Å². The fourth-order valence-corrected chi connectivity index (χ4v) is 2.88. The van der Waals surface area contributed by atoms with Gasteiger partial charge in [-0.25, -0.2) is 8.78 Å². The lowest BCUT2D eigenvalue weighted by molar-refractivity contribution is -0.134. The Morgan fingerprint density at radius 3 is 2.50 bits per heavy atom. The summed E-state index contributed by atoms with van der Waals surface area (Å²) < 4.78 is 26.8. The lowest BCUT2D eigenvalue weighted by Crippen LogP contribution is -2.45. The van der Waals surface area contributed by atoms with E-state index in [1.165, 1.54) is 19.9 Å². The van der Waals surface area contributed by atoms with Crippen LogP contribution < -0.4 is 5.32 Å². The summed E-state index contributed by atoms with van der Waals surface area (Å²) in [7, 11) is 0. The van der Waals surface area contributed by atoms with E-state index in [9.17, 15) is 23.5 Å². The summed E-state index contributed by atoms with van der Waals surface area (Å²) in [6.07, 6.45) is 1.11. The van der Waals surface area contributed by atoms with Crippen molar-refractivity contribution in [3.8, 4) is 0 Å². The maximum Gasteiger partial charge on any atom is 0.223 e. The molecule has 0 bridgehead atoms. The molecular formula is C17H22F2N2O3. The predicted molar refractivity (Wildman–Crippen MR) is 83.9 cm³/mol. The summed E-state index contributed by atoms with van der Waals surface area (Å²) in [5, 5.41) is 13.0. The Morgan fingerprint density at radius 1 is 1.33 bits per heavy atom.